The number of carbonyl (C=O) groups is 1. The molecule has 0 unspecified atom stereocenters. The molecule has 0 atom stereocenters. The summed E-state index contributed by atoms with van der Waals surface area (Å²) in [5, 5.41) is -3.85. The Labute approximate surface area is 169 Å². The lowest BCUT2D eigenvalue weighted by atomic mass is 10.1. The molecule has 0 radical (unpaired) electrons. The third-order valence-corrected chi connectivity index (χ3v) is 5.97. The summed E-state index contributed by atoms with van der Waals surface area (Å²) in [6.45, 7) is 2.01. The van der Waals surface area contributed by atoms with E-state index in [0.717, 1.165) is 17.7 Å². The molecule has 0 amide bonds. The summed E-state index contributed by atoms with van der Waals surface area (Å²) < 4.78 is 57.3. The molecule has 2 rings (SSSR count). The minimum atomic E-state index is -4.72. The molecule has 0 N–H and O–H groups in total. The van der Waals surface area contributed by atoms with Gasteiger partial charge in [0, 0.05) is 19.3 Å². The average Bonchev–Trinajstić information content (AvgIpc) is 2.70. The van der Waals surface area contributed by atoms with Crippen molar-refractivity contribution in [1.29, 1.82) is 0 Å². The van der Waals surface area contributed by atoms with Gasteiger partial charge in [-0.15, -0.1) is 5.92 Å². The maximum Gasteiger partial charge on any atom is 0.350 e. The van der Waals surface area contributed by atoms with Crippen LogP contribution in [0, 0.1) is 18.8 Å². The van der Waals surface area contributed by atoms with E-state index in [9.17, 15) is 22.0 Å². The van der Waals surface area contributed by atoms with Crippen LogP contribution in [0.1, 0.15) is 41.6 Å². The molecule has 0 aliphatic heterocycles. The molecule has 2 aromatic rings. The molecular formula is C22H22F2O4S. The topological polar surface area (TPSA) is 60.4 Å². The fraction of sp³-hybridized carbons (Fsp3) is 0.318. The first-order valence-electron chi connectivity index (χ1n) is 9.11. The Morgan fingerprint density at radius 2 is 1.62 bits per heavy atom. The molecule has 0 aromatic heterocycles. The Morgan fingerprint density at radius 1 is 1.00 bits per heavy atom. The summed E-state index contributed by atoms with van der Waals surface area (Å²) in [6.07, 6.45) is -0.460. The van der Waals surface area contributed by atoms with E-state index in [2.05, 4.69) is 11.8 Å². The second kappa shape index (κ2) is 10.2. The van der Waals surface area contributed by atoms with E-state index in [1.165, 1.54) is 12.1 Å². The lowest BCUT2D eigenvalue weighted by molar-refractivity contribution is 0.0513. The number of hydrogen-bond donors (Lipinski definition) is 0. The van der Waals surface area contributed by atoms with Crippen LogP contribution in [0.25, 0.3) is 0 Å². The number of rotatable bonds is 8. The molecule has 0 spiro atoms. The number of sulfone groups is 1. The van der Waals surface area contributed by atoms with Crippen molar-refractivity contribution in [2.24, 2.45) is 0 Å². The minimum Gasteiger partial charge on any atom is -0.461 e. The monoisotopic (exact) mass is 420 g/mol. The van der Waals surface area contributed by atoms with Gasteiger partial charge in [0.1, 0.15) is 6.61 Å². The summed E-state index contributed by atoms with van der Waals surface area (Å²) in [4.78, 5) is 11.4. The van der Waals surface area contributed by atoms with Crippen molar-refractivity contribution in [2.75, 3.05) is 6.61 Å². The SMILES string of the molecule is Cc1ccc(C(=O)OCCC#CCCCC(F)(F)S(=O)(=O)c2ccccc2)cc1. The van der Waals surface area contributed by atoms with Crippen molar-refractivity contribution < 1.29 is 26.7 Å². The van der Waals surface area contributed by atoms with Crippen LogP contribution < -0.4 is 0 Å². The second-order valence-electron chi connectivity index (χ2n) is 6.41. The van der Waals surface area contributed by atoms with E-state index in [-0.39, 0.29) is 25.9 Å². The summed E-state index contributed by atoms with van der Waals surface area (Å²) >= 11 is 0. The van der Waals surface area contributed by atoms with Gasteiger partial charge in [-0.25, -0.2) is 13.2 Å². The maximum absolute atomic E-state index is 14.1. The number of carbonyl (C=O) groups excluding carboxylic acids is 1. The molecule has 0 saturated heterocycles. The molecule has 0 saturated carbocycles. The van der Waals surface area contributed by atoms with Gasteiger partial charge in [0.25, 0.3) is 0 Å². The quantitative estimate of drug-likeness (QED) is 0.350. The Morgan fingerprint density at radius 3 is 2.28 bits per heavy atom. The highest BCUT2D eigenvalue weighted by Crippen LogP contribution is 2.33. The van der Waals surface area contributed by atoms with Gasteiger partial charge in [0.2, 0.25) is 9.84 Å². The molecule has 7 heteroatoms. The van der Waals surface area contributed by atoms with Crippen LogP contribution >= 0.6 is 0 Å². The molecule has 0 bridgehead atoms. The van der Waals surface area contributed by atoms with Crippen molar-refractivity contribution in [3.05, 3.63) is 65.7 Å². The summed E-state index contributed by atoms with van der Waals surface area (Å²) in [7, 11) is -4.72. The van der Waals surface area contributed by atoms with Crippen LogP contribution in [0.2, 0.25) is 0 Å². The van der Waals surface area contributed by atoms with Crippen LogP contribution in [0.5, 0.6) is 0 Å². The van der Waals surface area contributed by atoms with E-state index < -0.39 is 32.4 Å². The van der Waals surface area contributed by atoms with Gasteiger partial charge >= 0.3 is 11.2 Å². The highest BCUT2D eigenvalue weighted by atomic mass is 32.2. The van der Waals surface area contributed by atoms with E-state index in [1.807, 2.05) is 19.1 Å². The van der Waals surface area contributed by atoms with Crippen LogP contribution in [-0.4, -0.2) is 26.2 Å². The Balaban J connectivity index is 1.72. The summed E-state index contributed by atoms with van der Waals surface area (Å²) in [5.41, 5.74) is 1.49. The smallest absolute Gasteiger partial charge is 0.350 e. The summed E-state index contributed by atoms with van der Waals surface area (Å²) in [5.74, 6) is 4.99. The van der Waals surface area contributed by atoms with E-state index in [1.54, 1.807) is 18.2 Å². The highest BCUT2D eigenvalue weighted by Gasteiger charge is 2.44. The zero-order chi connectivity index (χ0) is 21.3. The number of unbranched alkanes of at least 4 members (excludes halogenated alkanes) is 1. The van der Waals surface area contributed by atoms with Gasteiger partial charge in [-0.3, -0.25) is 0 Å². The lowest BCUT2D eigenvalue weighted by Crippen LogP contribution is -2.28. The van der Waals surface area contributed by atoms with Crippen molar-refractivity contribution in [1.82, 2.24) is 0 Å². The predicted octanol–water partition coefficient (Wildman–Crippen LogP) is 4.78. The first kappa shape index (κ1) is 22.6. The zero-order valence-electron chi connectivity index (χ0n) is 16.0. The van der Waals surface area contributed by atoms with Crippen molar-refractivity contribution in [2.45, 2.75) is 42.8 Å². The lowest BCUT2D eigenvalue weighted by Gasteiger charge is -2.16. The molecular weight excluding hydrogens is 398 g/mol. The number of hydrogen-bond acceptors (Lipinski definition) is 4. The van der Waals surface area contributed by atoms with Gasteiger partial charge in [-0.1, -0.05) is 41.8 Å². The first-order valence-corrected chi connectivity index (χ1v) is 10.6. The fourth-order valence-electron chi connectivity index (χ4n) is 2.43. The van der Waals surface area contributed by atoms with Crippen LogP contribution in [-0.2, 0) is 14.6 Å². The van der Waals surface area contributed by atoms with Crippen LogP contribution in [0.15, 0.2) is 59.5 Å². The number of alkyl halides is 2. The number of halogens is 2. The van der Waals surface area contributed by atoms with E-state index in [0.29, 0.717) is 5.56 Å². The summed E-state index contributed by atoms with van der Waals surface area (Å²) in [6, 6.07) is 13.6. The van der Waals surface area contributed by atoms with E-state index >= 15 is 0 Å². The average molecular weight is 420 g/mol. The molecule has 4 nitrogen and oxygen atoms in total. The maximum atomic E-state index is 14.1. The number of ether oxygens (including phenoxy) is 1. The predicted molar refractivity (Wildman–Crippen MR) is 106 cm³/mol. The third-order valence-electron chi connectivity index (χ3n) is 4.09. The fourth-order valence-corrected chi connectivity index (χ4v) is 3.71. The van der Waals surface area contributed by atoms with Crippen molar-refractivity contribution >= 4 is 15.8 Å². The highest BCUT2D eigenvalue weighted by molar-refractivity contribution is 7.92. The van der Waals surface area contributed by atoms with Crippen molar-refractivity contribution in [3.63, 3.8) is 0 Å². The molecule has 0 aliphatic rings. The number of benzene rings is 2. The molecule has 154 valence electrons. The Bertz CT molecular complexity index is 973. The largest absolute Gasteiger partial charge is 0.461 e. The second-order valence-corrected chi connectivity index (χ2v) is 8.49. The molecule has 0 fully saturated rings. The Hall–Kier alpha value is -2.72. The standard InChI is InChI=1S/C22H22F2O4S/c1-18-12-14-19(15-13-18)21(25)28-17-9-4-2-3-8-16-22(23,24)29(26,27)20-10-6-5-7-11-20/h5-7,10-15H,3,8-9,16-17H2,1H3. The van der Waals surface area contributed by atoms with Gasteiger partial charge in [-0.05, 0) is 37.6 Å². The third kappa shape index (κ3) is 6.40. The number of esters is 1. The first-order chi connectivity index (χ1) is 13.7. The van der Waals surface area contributed by atoms with Crippen LogP contribution in [0.3, 0.4) is 0 Å². The molecule has 29 heavy (non-hydrogen) atoms. The van der Waals surface area contributed by atoms with Gasteiger partial charge in [-0.2, -0.15) is 8.78 Å². The van der Waals surface area contributed by atoms with Gasteiger partial charge in [0.05, 0.1) is 10.5 Å². The van der Waals surface area contributed by atoms with E-state index in [4.69, 9.17) is 4.74 Å². The zero-order valence-corrected chi connectivity index (χ0v) is 16.8. The van der Waals surface area contributed by atoms with Crippen LogP contribution in [0.4, 0.5) is 8.78 Å². The van der Waals surface area contributed by atoms with Gasteiger partial charge < -0.3 is 4.74 Å². The molecule has 2 aromatic carbocycles. The molecule has 0 heterocycles. The Kier molecular flexibility index (Phi) is 7.91. The minimum absolute atomic E-state index is 0.0603. The number of aryl methyl sites for hydroxylation is 1. The molecule has 0 aliphatic carbocycles. The normalized spacial score (nSPS) is 11.4. The van der Waals surface area contributed by atoms with Crippen molar-refractivity contribution in [3.8, 4) is 11.8 Å². The van der Waals surface area contributed by atoms with Gasteiger partial charge in [0.15, 0.2) is 0 Å².